The topological polar surface area (TPSA) is 63.0 Å². The lowest BCUT2D eigenvalue weighted by Crippen LogP contribution is -1.98. The molecule has 5 nitrogen and oxygen atoms in total. The summed E-state index contributed by atoms with van der Waals surface area (Å²) >= 11 is 5.86. The largest absolute Gasteiger partial charge is 0.396 e. The van der Waals surface area contributed by atoms with E-state index >= 15 is 0 Å². The monoisotopic (exact) mass is 381 g/mol. The summed E-state index contributed by atoms with van der Waals surface area (Å²) in [5, 5.41) is 13.1. The van der Waals surface area contributed by atoms with Gasteiger partial charge in [0.25, 0.3) is 0 Å². The molecule has 0 saturated carbocycles. The quantitative estimate of drug-likeness (QED) is 0.541. The molecule has 0 saturated heterocycles. The summed E-state index contributed by atoms with van der Waals surface area (Å²) in [5.74, 6) is 0.121. The van der Waals surface area contributed by atoms with Crippen LogP contribution < -0.4 is 5.32 Å². The Bertz CT molecular complexity index is 1110. The maximum absolute atomic E-state index is 13.4. The molecule has 0 unspecified atom stereocenters. The molecule has 0 fully saturated rings. The number of rotatable bonds is 5. The van der Waals surface area contributed by atoms with E-state index in [1.165, 1.54) is 18.5 Å². The average Bonchev–Trinajstić information content (AvgIpc) is 3.14. The Hall–Kier alpha value is -2.96. The zero-order chi connectivity index (χ0) is 18.8. The minimum absolute atomic E-state index is 0.0401. The first kappa shape index (κ1) is 17.5. The Balaban J connectivity index is 1.73. The molecule has 2 N–H and O–H groups in total. The second kappa shape index (κ2) is 7.34. The van der Waals surface area contributed by atoms with Crippen LogP contribution in [0.4, 0.5) is 15.9 Å². The highest BCUT2D eigenvalue weighted by atomic mass is 35.5. The minimum atomic E-state index is -0.473. The maximum Gasteiger partial charge on any atom is 0.141 e. The third-order valence-electron chi connectivity index (χ3n) is 4.16. The summed E-state index contributed by atoms with van der Waals surface area (Å²) < 4.78 is 15.3. The van der Waals surface area contributed by atoms with E-state index in [9.17, 15) is 4.39 Å². The van der Waals surface area contributed by atoms with E-state index in [4.69, 9.17) is 16.7 Å². The molecule has 0 amide bonds. The fraction of sp³-hybridized carbons (Fsp3) is 0.100. The summed E-state index contributed by atoms with van der Waals surface area (Å²) in [4.78, 5) is 8.61. The molecule has 27 heavy (non-hydrogen) atoms. The molecule has 135 valence electrons. The van der Waals surface area contributed by atoms with Crippen LogP contribution >= 0.6 is 11.6 Å². The number of nitrogens with one attached hydrogen (secondary N) is 1. The summed E-state index contributed by atoms with van der Waals surface area (Å²) in [7, 11) is 0. The fourth-order valence-electron chi connectivity index (χ4n) is 2.82. The summed E-state index contributed by atoms with van der Waals surface area (Å²) in [6.07, 6.45) is 5.77. The van der Waals surface area contributed by atoms with Gasteiger partial charge in [-0.3, -0.25) is 0 Å². The van der Waals surface area contributed by atoms with Crippen molar-refractivity contribution in [1.29, 1.82) is 0 Å². The average molecular weight is 382 g/mol. The molecule has 1 radical (unpaired) electrons. The van der Waals surface area contributed by atoms with Crippen molar-refractivity contribution in [2.24, 2.45) is 0 Å². The van der Waals surface area contributed by atoms with Gasteiger partial charge in [0.15, 0.2) is 0 Å². The van der Waals surface area contributed by atoms with Crippen molar-refractivity contribution in [3.8, 4) is 5.69 Å². The Morgan fingerprint density at radius 1 is 1.19 bits per heavy atom. The van der Waals surface area contributed by atoms with Gasteiger partial charge in [0.05, 0.1) is 10.5 Å². The molecular weight excluding hydrogens is 367 g/mol. The number of aliphatic hydroxyl groups excluding tert-OH is 1. The molecular formula is C20H15ClFN4O. The van der Waals surface area contributed by atoms with E-state index in [2.05, 4.69) is 21.4 Å². The van der Waals surface area contributed by atoms with Gasteiger partial charge in [-0.15, -0.1) is 0 Å². The number of aromatic nitrogens is 3. The van der Waals surface area contributed by atoms with Gasteiger partial charge in [-0.2, -0.15) is 0 Å². The van der Waals surface area contributed by atoms with Crippen LogP contribution in [0.25, 0.3) is 16.6 Å². The van der Waals surface area contributed by atoms with Crippen molar-refractivity contribution in [2.45, 2.75) is 6.42 Å². The van der Waals surface area contributed by atoms with Crippen LogP contribution in [0.1, 0.15) is 5.56 Å². The SMILES string of the molecule is OCCc1[c]cn(-c2ccc3ncnc(Nc4ccc(F)c(Cl)c4)c3c2)c1. The van der Waals surface area contributed by atoms with Gasteiger partial charge in [-0.1, -0.05) is 11.6 Å². The number of nitrogens with zero attached hydrogens (tertiary/aromatic N) is 3. The number of halogens is 2. The van der Waals surface area contributed by atoms with Gasteiger partial charge in [0.1, 0.15) is 18.0 Å². The van der Waals surface area contributed by atoms with Crippen molar-refractivity contribution >= 4 is 34.0 Å². The first-order valence-corrected chi connectivity index (χ1v) is 8.68. The predicted octanol–water partition coefficient (Wildman–Crippen LogP) is 4.29. The van der Waals surface area contributed by atoms with E-state index in [-0.39, 0.29) is 11.6 Å². The van der Waals surface area contributed by atoms with Gasteiger partial charge in [0.2, 0.25) is 0 Å². The lowest BCUT2D eigenvalue weighted by atomic mass is 10.2. The van der Waals surface area contributed by atoms with Crippen molar-refractivity contribution in [3.05, 3.63) is 77.6 Å². The van der Waals surface area contributed by atoms with Crippen molar-refractivity contribution in [1.82, 2.24) is 14.5 Å². The molecule has 0 aliphatic rings. The standard InChI is InChI=1S/C20H15ClFN4O/c21-17-9-14(1-3-18(17)22)25-20-16-10-15(2-4-19(16)23-12-24-20)26-7-5-13(11-26)6-8-27/h1-4,7,9-12,27H,6,8H2,(H,23,24,25). The molecule has 0 atom stereocenters. The van der Waals surface area contributed by atoms with Crippen LogP contribution in [0, 0.1) is 11.9 Å². The van der Waals surface area contributed by atoms with E-state index in [0.29, 0.717) is 17.9 Å². The Morgan fingerprint density at radius 2 is 2.07 bits per heavy atom. The molecule has 0 aliphatic carbocycles. The van der Waals surface area contributed by atoms with Crippen molar-refractivity contribution in [2.75, 3.05) is 11.9 Å². The first-order chi connectivity index (χ1) is 13.1. The number of hydrogen-bond donors (Lipinski definition) is 2. The molecule has 7 heteroatoms. The zero-order valence-electron chi connectivity index (χ0n) is 14.2. The highest BCUT2D eigenvalue weighted by Gasteiger charge is 2.08. The van der Waals surface area contributed by atoms with Gasteiger partial charge in [-0.05, 0) is 48.4 Å². The number of hydrogen-bond acceptors (Lipinski definition) is 4. The molecule has 2 aromatic carbocycles. The van der Waals surface area contributed by atoms with Gasteiger partial charge in [-0.25, -0.2) is 14.4 Å². The molecule has 4 aromatic rings. The highest BCUT2D eigenvalue weighted by Crippen LogP contribution is 2.27. The van der Waals surface area contributed by atoms with Gasteiger partial charge >= 0.3 is 0 Å². The van der Waals surface area contributed by atoms with Crippen LogP contribution in [0.5, 0.6) is 0 Å². The van der Waals surface area contributed by atoms with Crippen LogP contribution in [-0.4, -0.2) is 26.2 Å². The van der Waals surface area contributed by atoms with Crippen LogP contribution in [0.3, 0.4) is 0 Å². The Kier molecular flexibility index (Phi) is 4.75. The molecule has 0 spiro atoms. The smallest absolute Gasteiger partial charge is 0.141 e. The summed E-state index contributed by atoms with van der Waals surface area (Å²) in [5.41, 5.74) is 3.25. The molecule has 2 aromatic heterocycles. The van der Waals surface area contributed by atoms with Crippen LogP contribution in [0.2, 0.25) is 5.02 Å². The number of aliphatic hydroxyl groups is 1. The summed E-state index contributed by atoms with van der Waals surface area (Å²) in [6, 6.07) is 13.3. The maximum atomic E-state index is 13.4. The third kappa shape index (κ3) is 3.63. The lowest BCUT2D eigenvalue weighted by Gasteiger charge is -2.11. The second-order valence-corrected chi connectivity index (χ2v) is 6.39. The van der Waals surface area contributed by atoms with Gasteiger partial charge in [0, 0.05) is 41.8 Å². The predicted molar refractivity (Wildman–Crippen MR) is 103 cm³/mol. The molecule has 0 aliphatic heterocycles. The van der Waals surface area contributed by atoms with Gasteiger partial charge < -0.3 is 15.0 Å². The van der Waals surface area contributed by atoms with Crippen LogP contribution in [-0.2, 0) is 6.42 Å². The normalized spacial score (nSPS) is 11.1. The first-order valence-electron chi connectivity index (χ1n) is 8.30. The number of benzene rings is 2. The zero-order valence-corrected chi connectivity index (χ0v) is 14.9. The molecule has 2 heterocycles. The van der Waals surface area contributed by atoms with E-state index in [0.717, 1.165) is 22.2 Å². The van der Waals surface area contributed by atoms with E-state index in [1.807, 2.05) is 35.2 Å². The van der Waals surface area contributed by atoms with E-state index < -0.39 is 5.82 Å². The third-order valence-corrected chi connectivity index (χ3v) is 4.45. The molecule has 0 bridgehead atoms. The second-order valence-electron chi connectivity index (χ2n) is 5.99. The van der Waals surface area contributed by atoms with Crippen molar-refractivity contribution < 1.29 is 9.50 Å². The fourth-order valence-corrected chi connectivity index (χ4v) is 3.00. The molecule has 4 rings (SSSR count). The van der Waals surface area contributed by atoms with Crippen LogP contribution in [0.15, 0.2) is 55.1 Å². The lowest BCUT2D eigenvalue weighted by molar-refractivity contribution is 0.299. The van der Waals surface area contributed by atoms with Crippen molar-refractivity contribution in [3.63, 3.8) is 0 Å². The Labute approximate surface area is 160 Å². The number of fused-ring (bicyclic) bond motifs is 1. The highest BCUT2D eigenvalue weighted by molar-refractivity contribution is 6.31. The number of anilines is 2. The minimum Gasteiger partial charge on any atom is -0.396 e. The Morgan fingerprint density at radius 3 is 2.89 bits per heavy atom. The van der Waals surface area contributed by atoms with E-state index in [1.54, 1.807) is 6.07 Å². The summed E-state index contributed by atoms with van der Waals surface area (Å²) in [6.45, 7) is 0.0837.